The third-order valence-corrected chi connectivity index (χ3v) is 8.94. The molecule has 4 N–H and O–H groups in total. The molecule has 0 spiro atoms. The van der Waals surface area contributed by atoms with Crippen LogP contribution in [0.4, 0.5) is 5.69 Å². The molecule has 2 amide bonds. The molecule has 0 unspecified atom stereocenters. The van der Waals surface area contributed by atoms with E-state index in [0.29, 0.717) is 29.8 Å². The number of aromatic nitrogens is 1. The molecule has 0 saturated carbocycles. The van der Waals surface area contributed by atoms with Crippen LogP contribution in [0.2, 0.25) is 0 Å². The van der Waals surface area contributed by atoms with Crippen LogP contribution in [0.25, 0.3) is 22.6 Å². The van der Waals surface area contributed by atoms with Gasteiger partial charge in [-0.15, -0.1) is 0 Å². The van der Waals surface area contributed by atoms with Gasteiger partial charge in [-0.3, -0.25) is 14.4 Å². The molecule has 1 aliphatic carbocycles. The Kier molecular flexibility index (Phi) is 16.7. The van der Waals surface area contributed by atoms with Crippen molar-refractivity contribution in [2.24, 2.45) is 0 Å². The lowest BCUT2D eigenvalue weighted by Gasteiger charge is -2.17. The number of anilines is 1. The van der Waals surface area contributed by atoms with Gasteiger partial charge in [0.2, 0.25) is 5.43 Å². The Morgan fingerprint density at radius 1 is 0.787 bits per heavy atom. The third-order valence-electron chi connectivity index (χ3n) is 8.94. The van der Waals surface area contributed by atoms with Crippen LogP contribution >= 0.6 is 0 Å². The average Bonchev–Trinajstić information content (AvgIpc) is 3.06. The minimum absolute atomic E-state index is 0.0190. The summed E-state index contributed by atoms with van der Waals surface area (Å²) in [5.74, 6) is -0.546. The maximum Gasteiger partial charge on any atom is 0.255 e. The summed E-state index contributed by atoms with van der Waals surface area (Å²) in [5.41, 5.74) is 7.00. The molecule has 0 saturated heterocycles. The largest absolute Gasteiger partial charge is 0.452 e. The lowest BCUT2D eigenvalue weighted by molar-refractivity contribution is 0.0946. The molecule has 2 aliphatic rings. The molecule has 9 heteroatoms. The Labute approximate surface area is 281 Å². The SMILES string of the molecule is CCCCCCCCCCCCCCCCCCNC(=O)c1cccc2oc3c(C)c(=O)c(N)c(C(=O)NCCCN(C)C)c-3nc12. The van der Waals surface area contributed by atoms with Crippen LogP contribution in [-0.2, 0) is 0 Å². The predicted molar refractivity (Wildman–Crippen MR) is 193 cm³/mol. The lowest BCUT2D eigenvalue weighted by atomic mass is 10.00. The molecule has 0 atom stereocenters. The van der Waals surface area contributed by atoms with Crippen molar-refractivity contribution in [1.82, 2.24) is 20.5 Å². The number of nitrogen functional groups attached to an aromatic ring is 1. The average molecular weight is 650 g/mol. The molecule has 260 valence electrons. The molecule has 3 rings (SSSR count). The zero-order chi connectivity index (χ0) is 34.0. The maximum atomic E-state index is 13.2. The number of unbranched alkanes of at least 4 members (excludes halogenated alkanes) is 15. The van der Waals surface area contributed by atoms with Gasteiger partial charge in [0, 0.05) is 18.7 Å². The molecule has 9 nitrogen and oxygen atoms in total. The highest BCUT2D eigenvalue weighted by Gasteiger charge is 2.28. The standard InChI is InChI=1S/C38H59N5O4/c1-5-6-7-8-9-10-11-12-13-14-15-16-17-18-19-20-25-40-37(45)29-23-21-24-30-33(29)42-34-31(38(46)41-26-22-27-43(3)4)32(39)35(44)28(2)36(34)47-30/h21,23-24H,5-20,22,25-27,39H2,1-4H3,(H,40,45)(H,41,46). The van der Waals surface area contributed by atoms with Crippen molar-refractivity contribution < 1.29 is 14.0 Å². The number of carbonyl (C=O) groups is 2. The Morgan fingerprint density at radius 2 is 1.32 bits per heavy atom. The second-order valence-corrected chi connectivity index (χ2v) is 13.3. The molecule has 1 aromatic carbocycles. The third kappa shape index (κ3) is 11.9. The van der Waals surface area contributed by atoms with E-state index in [4.69, 9.17) is 15.1 Å². The zero-order valence-corrected chi connectivity index (χ0v) is 29.5. The fourth-order valence-corrected chi connectivity index (χ4v) is 6.08. The van der Waals surface area contributed by atoms with Crippen molar-refractivity contribution in [3.63, 3.8) is 0 Å². The number of benzene rings is 2. The summed E-state index contributed by atoms with van der Waals surface area (Å²) in [7, 11) is 3.92. The van der Waals surface area contributed by atoms with E-state index >= 15 is 0 Å². The number of nitrogens with two attached hydrogens (primary N) is 1. The molecule has 0 bridgehead atoms. The molecule has 1 aromatic rings. The van der Waals surface area contributed by atoms with Crippen molar-refractivity contribution >= 4 is 28.6 Å². The minimum Gasteiger partial charge on any atom is -0.452 e. The number of para-hydroxylation sites is 1. The fourth-order valence-electron chi connectivity index (χ4n) is 6.08. The van der Waals surface area contributed by atoms with Crippen molar-refractivity contribution in [1.29, 1.82) is 0 Å². The highest BCUT2D eigenvalue weighted by atomic mass is 16.3. The van der Waals surface area contributed by atoms with Gasteiger partial charge in [-0.25, -0.2) is 4.98 Å². The van der Waals surface area contributed by atoms with E-state index in [1.807, 2.05) is 19.0 Å². The van der Waals surface area contributed by atoms with E-state index in [1.165, 1.54) is 89.9 Å². The number of nitrogens with zero attached hydrogens (tertiary/aromatic N) is 2. The van der Waals surface area contributed by atoms with E-state index in [0.717, 1.165) is 25.8 Å². The second-order valence-electron chi connectivity index (χ2n) is 13.3. The quantitative estimate of drug-likeness (QED) is 0.0542. The molecular weight excluding hydrogens is 590 g/mol. The number of hydrogen-bond donors (Lipinski definition) is 3. The van der Waals surface area contributed by atoms with E-state index in [-0.39, 0.29) is 34.2 Å². The number of carbonyl (C=O) groups excluding carboxylic acids is 2. The van der Waals surface area contributed by atoms with Crippen LogP contribution in [0.3, 0.4) is 0 Å². The normalized spacial score (nSPS) is 11.5. The van der Waals surface area contributed by atoms with Gasteiger partial charge in [-0.05, 0) is 52.5 Å². The summed E-state index contributed by atoms with van der Waals surface area (Å²) >= 11 is 0. The monoisotopic (exact) mass is 649 g/mol. The van der Waals surface area contributed by atoms with Crippen molar-refractivity contribution in [2.45, 2.75) is 123 Å². The zero-order valence-electron chi connectivity index (χ0n) is 29.5. The lowest BCUT2D eigenvalue weighted by Crippen LogP contribution is -2.31. The fraction of sp³-hybridized carbons (Fsp3) is 0.632. The molecule has 0 aromatic heterocycles. The molecule has 0 radical (unpaired) electrons. The van der Waals surface area contributed by atoms with E-state index < -0.39 is 11.3 Å². The number of nitrogens with one attached hydrogen (secondary N) is 2. The highest BCUT2D eigenvalue weighted by Crippen LogP contribution is 2.33. The van der Waals surface area contributed by atoms with E-state index in [9.17, 15) is 14.4 Å². The van der Waals surface area contributed by atoms with E-state index in [1.54, 1.807) is 25.1 Å². The molecule has 47 heavy (non-hydrogen) atoms. The summed E-state index contributed by atoms with van der Waals surface area (Å²) in [4.78, 5) is 46.1. The van der Waals surface area contributed by atoms with Crippen molar-refractivity contribution in [3.05, 3.63) is 45.1 Å². The van der Waals surface area contributed by atoms with Gasteiger partial charge in [0.15, 0.2) is 11.3 Å². The Hall–Kier alpha value is -3.46. The van der Waals surface area contributed by atoms with Gasteiger partial charge in [0.1, 0.15) is 11.2 Å². The van der Waals surface area contributed by atoms with Gasteiger partial charge in [-0.2, -0.15) is 0 Å². The first-order valence-corrected chi connectivity index (χ1v) is 18.1. The van der Waals surface area contributed by atoms with Gasteiger partial charge < -0.3 is 25.7 Å². The first-order valence-electron chi connectivity index (χ1n) is 18.1. The Bertz CT molecular complexity index is 1430. The first-order chi connectivity index (χ1) is 22.8. The smallest absolute Gasteiger partial charge is 0.255 e. The first kappa shape index (κ1) is 38.0. The Balaban J connectivity index is 1.48. The van der Waals surface area contributed by atoms with Gasteiger partial charge in [0.25, 0.3) is 11.8 Å². The number of fused-ring (bicyclic) bond motifs is 2. The topological polar surface area (TPSA) is 131 Å². The van der Waals surface area contributed by atoms with Crippen LogP contribution in [0.5, 0.6) is 0 Å². The second kappa shape index (κ2) is 20.7. The molecule has 1 aliphatic heterocycles. The summed E-state index contributed by atoms with van der Waals surface area (Å²) < 4.78 is 6.11. The van der Waals surface area contributed by atoms with Crippen LogP contribution in [0.1, 0.15) is 142 Å². The summed E-state index contributed by atoms with van der Waals surface area (Å²) in [5, 5.41) is 5.87. The van der Waals surface area contributed by atoms with Crippen LogP contribution in [0.15, 0.2) is 27.4 Å². The van der Waals surface area contributed by atoms with Gasteiger partial charge in [0.05, 0.1) is 16.8 Å². The van der Waals surface area contributed by atoms with Crippen LogP contribution in [0, 0.1) is 6.92 Å². The number of amides is 2. The molecular formula is C38H59N5O4. The number of rotatable bonds is 23. The van der Waals surface area contributed by atoms with E-state index in [2.05, 4.69) is 17.6 Å². The summed E-state index contributed by atoms with van der Waals surface area (Å²) in [6.07, 6.45) is 21.6. The van der Waals surface area contributed by atoms with Crippen LogP contribution < -0.4 is 21.8 Å². The van der Waals surface area contributed by atoms with Gasteiger partial charge >= 0.3 is 0 Å². The molecule has 1 heterocycles. The highest BCUT2D eigenvalue weighted by molar-refractivity contribution is 6.08. The van der Waals surface area contributed by atoms with Gasteiger partial charge in [-0.1, -0.05) is 109 Å². The number of hydrogen-bond acceptors (Lipinski definition) is 7. The summed E-state index contributed by atoms with van der Waals surface area (Å²) in [6, 6.07) is 5.13. The van der Waals surface area contributed by atoms with Crippen molar-refractivity contribution in [2.75, 3.05) is 39.5 Å². The Morgan fingerprint density at radius 3 is 1.89 bits per heavy atom. The molecule has 0 fully saturated rings. The van der Waals surface area contributed by atoms with Crippen molar-refractivity contribution in [3.8, 4) is 11.5 Å². The minimum atomic E-state index is -0.490. The predicted octanol–water partition coefficient (Wildman–Crippen LogP) is 7.86. The maximum absolute atomic E-state index is 13.2. The van der Waals surface area contributed by atoms with Crippen LogP contribution in [-0.4, -0.2) is 55.4 Å². The summed E-state index contributed by atoms with van der Waals surface area (Å²) in [6.45, 7) is 5.66.